The van der Waals surface area contributed by atoms with E-state index in [2.05, 4.69) is 23.4 Å². The van der Waals surface area contributed by atoms with Gasteiger partial charge in [0.15, 0.2) is 5.16 Å². The van der Waals surface area contributed by atoms with Gasteiger partial charge in [-0.1, -0.05) is 18.7 Å². The van der Waals surface area contributed by atoms with Crippen molar-refractivity contribution in [1.82, 2.24) is 14.5 Å². The van der Waals surface area contributed by atoms with Crippen molar-refractivity contribution in [3.8, 4) is 0 Å². The van der Waals surface area contributed by atoms with Crippen molar-refractivity contribution in [2.45, 2.75) is 45.3 Å². The van der Waals surface area contributed by atoms with Gasteiger partial charge in [0.1, 0.15) is 0 Å². The van der Waals surface area contributed by atoms with Crippen LogP contribution in [0.25, 0.3) is 11.0 Å². The van der Waals surface area contributed by atoms with E-state index >= 15 is 0 Å². The van der Waals surface area contributed by atoms with Crippen LogP contribution in [0.4, 0.5) is 0 Å². The van der Waals surface area contributed by atoms with Gasteiger partial charge >= 0.3 is 5.97 Å². The zero-order valence-electron chi connectivity index (χ0n) is 16.2. The van der Waals surface area contributed by atoms with Crippen LogP contribution in [0.15, 0.2) is 23.4 Å². The minimum atomic E-state index is -0.339. The van der Waals surface area contributed by atoms with Crippen LogP contribution in [0.3, 0.4) is 0 Å². The summed E-state index contributed by atoms with van der Waals surface area (Å²) in [5, 5.41) is 0.812. The fraction of sp³-hybridized carbons (Fsp3) is 0.550. The second kappa shape index (κ2) is 8.78. The number of hydrogen-bond acceptors (Lipinski definition) is 5. The second-order valence-electron chi connectivity index (χ2n) is 6.91. The lowest BCUT2D eigenvalue weighted by atomic mass is 9.99. The average Bonchev–Trinajstić information content (AvgIpc) is 3.03. The van der Waals surface area contributed by atoms with Gasteiger partial charge in [0.2, 0.25) is 5.91 Å². The molecule has 1 saturated heterocycles. The number of likely N-dealkylation sites (tertiary alicyclic amines) is 1. The molecule has 1 aliphatic rings. The molecular weight excluding hydrogens is 362 g/mol. The van der Waals surface area contributed by atoms with Gasteiger partial charge in [-0.15, -0.1) is 0 Å². The Balaban J connectivity index is 1.73. The third-order valence-corrected chi connectivity index (χ3v) is 5.96. The normalized spacial score (nSPS) is 15.3. The molecule has 0 aliphatic carbocycles. The predicted octanol–water partition coefficient (Wildman–Crippen LogP) is 3.58. The predicted molar refractivity (Wildman–Crippen MR) is 107 cm³/mol. The fourth-order valence-corrected chi connectivity index (χ4v) is 4.32. The number of hydrogen-bond donors (Lipinski definition) is 0. The Morgan fingerprint density at radius 2 is 2.00 bits per heavy atom. The molecule has 1 aromatic heterocycles. The number of thioether (sulfide) groups is 1. The number of aromatic nitrogens is 2. The highest BCUT2D eigenvalue weighted by molar-refractivity contribution is 7.99. The van der Waals surface area contributed by atoms with Gasteiger partial charge < -0.3 is 14.2 Å². The lowest BCUT2D eigenvalue weighted by Gasteiger charge is -2.30. The molecule has 27 heavy (non-hydrogen) atoms. The molecule has 0 bridgehead atoms. The summed E-state index contributed by atoms with van der Waals surface area (Å²) in [5.74, 6) is 0.935. The van der Waals surface area contributed by atoms with Crippen LogP contribution >= 0.6 is 11.8 Å². The van der Waals surface area contributed by atoms with E-state index in [1.54, 1.807) is 19.1 Å². The van der Waals surface area contributed by atoms with Crippen LogP contribution in [0, 0.1) is 5.92 Å². The summed E-state index contributed by atoms with van der Waals surface area (Å²) in [6.07, 6.45) is 2.17. The number of aryl methyl sites for hydroxylation is 1. The van der Waals surface area contributed by atoms with Crippen molar-refractivity contribution in [2.24, 2.45) is 5.92 Å². The summed E-state index contributed by atoms with van der Waals surface area (Å²) in [6.45, 7) is 8.90. The molecule has 0 spiro atoms. The Morgan fingerprint density at radius 3 is 2.67 bits per heavy atom. The number of imidazole rings is 1. The molecule has 1 aliphatic heterocycles. The van der Waals surface area contributed by atoms with E-state index in [9.17, 15) is 9.59 Å². The van der Waals surface area contributed by atoms with E-state index in [0.29, 0.717) is 23.8 Å². The summed E-state index contributed by atoms with van der Waals surface area (Å²) in [7, 11) is 0. The van der Waals surface area contributed by atoms with Gasteiger partial charge in [-0.3, -0.25) is 4.79 Å². The first-order valence-corrected chi connectivity index (χ1v) is 10.6. The number of esters is 1. The molecule has 2 aromatic rings. The van der Waals surface area contributed by atoms with Gasteiger partial charge in [0.25, 0.3) is 0 Å². The molecule has 3 rings (SSSR count). The fourth-order valence-electron chi connectivity index (χ4n) is 3.34. The van der Waals surface area contributed by atoms with Crippen molar-refractivity contribution < 1.29 is 14.3 Å². The number of carbonyl (C=O) groups is 2. The Bertz CT molecular complexity index is 825. The first kappa shape index (κ1) is 19.7. The molecule has 146 valence electrons. The molecule has 0 N–H and O–H groups in total. The summed E-state index contributed by atoms with van der Waals surface area (Å²) < 4.78 is 7.15. The van der Waals surface area contributed by atoms with E-state index in [0.717, 1.165) is 48.7 Å². The standard InChI is InChI=1S/C20H27N3O3S/c1-4-23-17-7-6-15(19(25)26-5-2)12-16(17)21-20(23)27-13-18(24)22-10-8-14(3)9-11-22/h6-7,12,14H,4-5,8-11,13H2,1-3H3. The van der Waals surface area contributed by atoms with E-state index in [-0.39, 0.29) is 11.9 Å². The highest BCUT2D eigenvalue weighted by Gasteiger charge is 2.21. The highest BCUT2D eigenvalue weighted by atomic mass is 32.2. The molecule has 0 saturated carbocycles. The zero-order valence-corrected chi connectivity index (χ0v) is 17.1. The van der Waals surface area contributed by atoms with Gasteiger partial charge in [0.05, 0.1) is 29.0 Å². The number of piperidine rings is 1. The summed E-state index contributed by atoms with van der Waals surface area (Å²) in [6, 6.07) is 5.43. The summed E-state index contributed by atoms with van der Waals surface area (Å²) in [5.41, 5.74) is 2.22. The van der Waals surface area contributed by atoms with Crippen LogP contribution in [0.5, 0.6) is 0 Å². The monoisotopic (exact) mass is 389 g/mol. The second-order valence-corrected chi connectivity index (χ2v) is 7.86. The maximum atomic E-state index is 12.5. The molecule has 2 heterocycles. The van der Waals surface area contributed by atoms with E-state index in [1.807, 2.05) is 11.0 Å². The SMILES string of the molecule is CCOC(=O)c1ccc2c(c1)nc(SCC(=O)N1CCC(C)CC1)n2CC. The summed E-state index contributed by atoms with van der Waals surface area (Å²) in [4.78, 5) is 31.1. The lowest BCUT2D eigenvalue weighted by molar-refractivity contribution is -0.129. The molecule has 1 amide bonds. The van der Waals surface area contributed by atoms with Crippen molar-refractivity contribution >= 4 is 34.7 Å². The molecule has 6 nitrogen and oxygen atoms in total. The zero-order chi connectivity index (χ0) is 19.4. The Morgan fingerprint density at radius 1 is 1.26 bits per heavy atom. The third-order valence-electron chi connectivity index (χ3n) is 5.00. The number of carbonyl (C=O) groups excluding carboxylic acids is 2. The first-order chi connectivity index (χ1) is 13.0. The molecule has 1 aromatic carbocycles. The molecular formula is C20H27N3O3S. The number of rotatable bonds is 6. The molecule has 0 radical (unpaired) electrons. The van der Waals surface area contributed by atoms with Crippen LogP contribution in [0.2, 0.25) is 0 Å². The van der Waals surface area contributed by atoms with Crippen molar-refractivity contribution in [3.05, 3.63) is 23.8 Å². The van der Waals surface area contributed by atoms with E-state index in [1.165, 1.54) is 11.8 Å². The number of fused-ring (bicyclic) bond motifs is 1. The number of nitrogens with zero attached hydrogens (tertiary/aromatic N) is 3. The van der Waals surface area contributed by atoms with Crippen molar-refractivity contribution in [3.63, 3.8) is 0 Å². The number of amides is 1. The van der Waals surface area contributed by atoms with Crippen LogP contribution < -0.4 is 0 Å². The van der Waals surface area contributed by atoms with Crippen LogP contribution in [-0.2, 0) is 16.1 Å². The molecule has 1 fully saturated rings. The van der Waals surface area contributed by atoms with Gasteiger partial charge in [-0.2, -0.15) is 0 Å². The Hall–Kier alpha value is -2.02. The Labute approximate surface area is 164 Å². The first-order valence-electron chi connectivity index (χ1n) is 9.61. The Kier molecular flexibility index (Phi) is 6.42. The molecule has 0 unspecified atom stereocenters. The average molecular weight is 390 g/mol. The van der Waals surface area contributed by atoms with E-state index in [4.69, 9.17) is 4.74 Å². The van der Waals surface area contributed by atoms with Gasteiger partial charge in [0, 0.05) is 19.6 Å². The topological polar surface area (TPSA) is 64.4 Å². The van der Waals surface area contributed by atoms with Gasteiger partial charge in [-0.25, -0.2) is 9.78 Å². The summed E-state index contributed by atoms with van der Waals surface area (Å²) >= 11 is 1.47. The van der Waals surface area contributed by atoms with Crippen LogP contribution in [-0.4, -0.2) is 51.8 Å². The van der Waals surface area contributed by atoms with Crippen LogP contribution in [0.1, 0.15) is 44.0 Å². The quantitative estimate of drug-likeness (QED) is 0.558. The van der Waals surface area contributed by atoms with E-state index < -0.39 is 0 Å². The maximum Gasteiger partial charge on any atom is 0.338 e. The molecule has 7 heteroatoms. The largest absolute Gasteiger partial charge is 0.462 e. The van der Waals surface area contributed by atoms with Crippen molar-refractivity contribution in [1.29, 1.82) is 0 Å². The minimum Gasteiger partial charge on any atom is -0.462 e. The number of benzene rings is 1. The van der Waals surface area contributed by atoms with Gasteiger partial charge in [-0.05, 0) is 50.8 Å². The molecule has 0 atom stereocenters. The minimum absolute atomic E-state index is 0.175. The smallest absolute Gasteiger partial charge is 0.338 e. The van der Waals surface area contributed by atoms with Crippen molar-refractivity contribution in [2.75, 3.05) is 25.4 Å². The lowest BCUT2D eigenvalue weighted by Crippen LogP contribution is -2.38. The highest BCUT2D eigenvalue weighted by Crippen LogP contribution is 2.26. The number of ether oxygens (including phenoxy) is 1. The third kappa shape index (κ3) is 4.46. The maximum absolute atomic E-state index is 12.5.